The first kappa shape index (κ1) is 21.4. The molecule has 0 aliphatic rings. The molecule has 0 bridgehead atoms. The number of esters is 1. The van der Waals surface area contributed by atoms with Gasteiger partial charge in [-0.15, -0.1) is 11.8 Å². The maximum atomic E-state index is 13.1. The summed E-state index contributed by atoms with van der Waals surface area (Å²) >= 11 is 0.989. The number of rotatable bonds is 8. The number of benzene rings is 1. The summed E-state index contributed by atoms with van der Waals surface area (Å²) in [6.07, 6.45) is -1.16. The highest BCUT2D eigenvalue weighted by molar-refractivity contribution is 8.00. The third kappa shape index (κ3) is 6.65. The van der Waals surface area contributed by atoms with Crippen LogP contribution >= 0.6 is 11.8 Å². The number of aromatic nitrogens is 1. The zero-order valence-electron chi connectivity index (χ0n) is 15.0. The molecule has 0 radical (unpaired) electrons. The first-order valence-corrected chi connectivity index (χ1v) is 9.16. The number of thioether (sulfide) groups is 1. The van der Waals surface area contributed by atoms with Crippen LogP contribution in [0.15, 0.2) is 28.8 Å². The van der Waals surface area contributed by atoms with E-state index in [0.717, 1.165) is 23.9 Å². The molecule has 0 fully saturated rings. The Balaban J connectivity index is 1.70. The first-order chi connectivity index (χ1) is 13.2. The van der Waals surface area contributed by atoms with Gasteiger partial charge in [0, 0.05) is 17.8 Å². The van der Waals surface area contributed by atoms with Gasteiger partial charge in [-0.1, -0.05) is 5.16 Å². The van der Waals surface area contributed by atoms with Crippen molar-refractivity contribution in [1.82, 2.24) is 5.16 Å². The van der Waals surface area contributed by atoms with Gasteiger partial charge in [-0.2, -0.15) is 0 Å². The molecule has 0 aliphatic carbocycles. The van der Waals surface area contributed by atoms with E-state index in [1.807, 2.05) is 0 Å². The number of carbonyl (C=O) groups is 3. The third-order valence-electron chi connectivity index (χ3n) is 3.21. The highest BCUT2D eigenvalue weighted by Gasteiger charge is 2.19. The average Bonchev–Trinajstić information content (AvgIpc) is 3.02. The number of ether oxygens (including phenoxy) is 1. The number of aryl methyl sites for hydroxylation is 1. The van der Waals surface area contributed by atoms with Crippen molar-refractivity contribution < 1.29 is 32.4 Å². The second-order valence-electron chi connectivity index (χ2n) is 5.61. The monoisotopic (exact) mass is 413 g/mol. The van der Waals surface area contributed by atoms with Crippen LogP contribution in [0.1, 0.15) is 12.7 Å². The zero-order chi connectivity index (χ0) is 20.7. The van der Waals surface area contributed by atoms with E-state index in [9.17, 15) is 23.2 Å². The molecule has 2 N–H and O–H groups in total. The minimum atomic E-state index is -1.16. The lowest BCUT2D eigenvalue weighted by Gasteiger charge is -2.13. The van der Waals surface area contributed by atoms with Gasteiger partial charge in [0.25, 0.3) is 5.91 Å². The molecule has 0 saturated heterocycles. The fourth-order valence-electron chi connectivity index (χ4n) is 1.93. The van der Waals surface area contributed by atoms with Crippen molar-refractivity contribution in [2.24, 2.45) is 0 Å². The Labute approximate surface area is 163 Å². The van der Waals surface area contributed by atoms with Crippen molar-refractivity contribution in [3.8, 4) is 0 Å². The lowest BCUT2D eigenvalue weighted by Crippen LogP contribution is -2.30. The van der Waals surface area contributed by atoms with Crippen LogP contribution in [0.25, 0.3) is 0 Å². The van der Waals surface area contributed by atoms with Crippen LogP contribution < -0.4 is 10.6 Å². The minimum Gasteiger partial charge on any atom is -0.452 e. The zero-order valence-corrected chi connectivity index (χ0v) is 15.8. The molecule has 28 heavy (non-hydrogen) atoms. The predicted octanol–water partition coefficient (Wildman–Crippen LogP) is 2.50. The van der Waals surface area contributed by atoms with Gasteiger partial charge < -0.3 is 19.9 Å². The Morgan fingerprint density at radius 3 is 2.57 bits per heavy atom. The summed E-state index contributed by atoms with van der Waals surface area (Å²) < 4.78 is 35.7. The maximum absolute atomic E-state index is 13.1. The van der Waals surface area contributed by atoms with Gasteiger partial charge in [0.15, 0.2) is 23.6 Å². The first-order valence-electron chi connectivity index (χ1n) is 8.01. The van der Waals surface area contributed by atoms with E-state index >= 15 is 0 Å². The van der Waals surface area contributed by atoms with Crippen molar-refractivity contribution in [3.63, 3.8) is 0 Å². The van der Waals surface area contributed by atoms with Gasteiger partial charge >= 0.3 is 5.97 Å². The van der Waals surface area contributed by atoms with Gasteiger partial charge in [0.1, 0.15) is 5.76 Å². The molecule has 11 heteroatoms. The van der Waals surface area contributed by atoms with E-state index in [1.165, 1.54) is 13.0 Å². The van der Waals surface area contributed by atoms with E-state index in [1.54, 1.807) is 13.0 Å². The summed E-state index contributed by atoms with van der Waals surface area (Å²) in [7, 11) is 0. The highest BCUT2D eigenvalue weighted by atomic mass is 32.2. The molecule has 1 atom stereocenters. The second-order valence-corrected chi connectivity index (χ2v) is 6.60. The van der Waals surface area contributed by atoms with E-state index < -0.39 is 29.6 Å². The molecule has 2 rings (SSSR count). The van der Waals surface area contributed by atoms with Crippen LogP contribution in [0, 0.1) is 18.6 Å². The van der Waals surface area contributed by atoms with Gasteiger partial charge in [0.2, 0.25) is 5.91 Å². The van der Waals surface area contributed by atoms with Crippen LogP contribution in [0.3, 0.4) is 0 Å². The molecule has 2 amide bonds. The topological polar surface area (TPSA) is 111 Å². The lowest BCUT2D eigenvalue weighted by molar-refractivity contribution is -0.150. The number of nitrogens with zero attached hydrogens (tertiary/aromatic N) is 1. The Bertz CT molecular complexity index is 874. The van der Waals surface area contributed by atoms with Crippen molar-refractivity contribution in [1.29, 1.82) is 0 Å². The van der Waals surface area contributed by atoms with Crippen molar-refractivity contribution in [2.75, 3.05) is 22.1 Å². The van der Waals surface area contributed by atoms with Crippen molar-refractivity contribution in [2.45, 2.75) is 20.0 Å². The van der Waals surface area contributed by atoms with Crippen LogP contribution in [0.2, 0.25) is 0 Å². The van der Waals surface area contributed by atoms with Crippen LogP contribution in [0.5, 0.6) is 0 Å². The maximum Gasteiger partial charge on any atom is 0.316 e. The Kier molecular flexibility index (Phi) is 7.50. The van der Waals surface area contributed by atoms with Crippen LogP contribution in [-0.4, -0.2) is 40.6 Å². The SMILES string of the molecule is Cc1cc(NC(=O)CSCC(=O)O[C@H](C)C(=O)Nc2ccc(F)c(F)c2)no1. The fraction of sp³-hybridized carbons (Fsp3) is 0.294. The van der Waals surface area contributed by atoms with E-state index in [0.29, 0.717) is 5.76 Å². The number of carbonyl (C=O) groups excluding carboxylic acids is 3. The number of amides is 2. The van der Waals surface area contributed by atoms with Gasteiger partial charge in [-0.3, -0.25) is 14.4 Å². The smallest absolute Gasteiger partial charge is 0.316 e. The van der Waals surface area contributed by atoms with Crippen molar-refractivity contribution >= 4 is 41.1 Å². The van der Waals surface area contributed by atoms with Gasteiger partial charge in [0.05, 0.1) is 11.5 Å². The lowest BCUT2D eigenvalue weighted by atomic mass is 10.3. The van der Waals surface area contributed by atoms with Crippen LogP contribution in [-0.2, 0) is 19.1 Å². The fourth-order valence-corrected chi connectivity index (χ4v) is 2.53. The quantitative estimate of drug-likeness (QED) is 0.640. The molecule has 2 aromatic rings. The van der Waals surface area contributed by atoms with Crippen molar-refractivity contribution in [3.05, 3.63) is 41.7 Å². The summed E-state index contributed by atoms with van der Waals surface area (Å²) in [5.74, 6) is -3.32. The predicted molar refractivity (Wildman–Crippen MR) is 97.7 cm³/mol. The molecular formula is C17H17F2N3O5S. The van der Waals surface area contributed by atoms with Gasteiger partial charge in [-0.05, 0) is 26.0 Å². The molecule has 8 nitrogen and oxygen atoms in total. The molecule has 0 aliphatic heterocycles. The standard InChI is InChI=1S/C17H17F2N3O5S/c1-9-5-14(22-27-9)21-15(23)7-28-8-16(24)26-10(2)17(25)20-11-3-4-12(18)13(19)6-11/h3-6,10H,7-8H2,1-2H3,(H,20,25)(H,21,22,23)/t10-/m1/s1. The van der Waals surface area contributed by atoms with Crippen LogP contribution in [0.4, 0.5) is 20.3 Å². The molecule has 1 aromatic carbocycles. The van der Waals surface area contributed by atoms with E-state index in [2.05, 4.69) is 15.8 Å². The molecule has 150 valence electrons. The molecule has 0 spiro atoms. The summed E-state index contributed by atoms with van der Waals surface area (Å²) in [6, 6.07) is 4.40. The molecular weight excluding hydrogens is 396 g/mol. The molecule has 1 aromatic heterocycles. The number of hydrogen-bond donors (Lipinski definition) is 2. The number of nitrogens with one attached hydrogen (secondary N) is 2. The third-order valence-corrected chi connectivity index (χ3v) is 4.12. The minimum absolute atomic E-state index is 0.0286. The summed E-state index contributed by atoms with van der Waals surface area (Å²) in [4.78, 5) is 35.4. The molecule has 1 heterocycles. The Morgan fingerprint density at radius 2 is 1.93 bits per heavy atom. The molecule has 0 saturated carbocycles. The van der Waals surface area contributed by atoms with Gasteiger partial charge in [-0.25, -0.2) is 8.78 Å². The number of hydrogen-bond acceptors (Lipinski definition) is 7. The average molecular weight is 413 g/mol. The van der Waals surface area contributed by atoms with E-state index in [4.69, 9.17) is 9.26 Å². The Hall–Kier alpha value is -2.95. The summed E-state index contributed by atoms with van der Waals surface area (Å²) in [6.45, 7) is 3.01. The second kappa shape index (κ2) is 9.83. The summed E-state index contributed by atoms with van der Waals surface area (Å²) in [5, 5.41) is 8.41. The number of halogens is 2. The highest BCUT2D eigenvalue weighted by Crippen LogP contribution is 2.14. The largest absolute Gasteiger partial charge is 0.452 e. The normalized spacial score (nSPS) is 11.6. The summed E-state index contributed by atoms with van der Waals surface area (Å²) in [5.41, 5.74) is 0.0286. The number of anilines is 2. The Morgan fingerprint density at radius 1 is 1.18 bits per heavy atom. The molecule has 0 unspecified atom stereocenters. The van der Waals surface area contributed by atoms with E-state index in [-0.39, 0.29) is 28.9 Å².